The number of pyridine rings is 1. The summed E-state index contributed by atoms with van der Waals surface area (Å²) < 4.78 is 76.0. The predicted octanol–water partition coefficient (Wildman–Crippen LogP) is 5.59. The van der Waals surface area contributed by atoms with E-state index < -0.39 is 27.7 Å². The van der Waals surface area contributed by atoms with Gasteiger partial charge in [-0.25, -0.2) is 17.8 Å². The number of nitrogen functional groups attached to an aromatic ring is 1. The highest BCUT2D eigenvalue weighted by Crippen LogP contribution is 2.40. The lowest BCUT2D eigenvalue weighted by Crippen LogP contribution is -2.31. The topological polar surface area (TPSA) is 133 Å². The van der Waals surface area contributed by atoms with Gasteiger partial charge in [-0.1, -0.05) is 18.2 Å². The number of benzene rings is 2. The number of ether oxygens (including phenoxy) is 1. The normalized spacial score (nSPS) is 15.5. The molecular formula is C31H33F3N8O3S. The molecule has 46 heavy (non-hydrogen) atoms. The third-order valence-electron chi connectivity index (χ3n) is 8.25. The molecule has 3 aromatic heterocycles. The molecule has 1 fully saturated rings. The second-order valence-electron chi connectivity index (χ2n) is 11.4. The number of aromatic nitrogens is 5. The van der Waals surface area contributed by atoms with E-state index in [0.717, 1.165) is 37.1 Å². The fourth-order valence-electron chi connectivity index (χ4n) is 5.73. The van der Waals surface area contributed by atoms with Crippen molar-refractivity contribution < 1.29 is 26.3 Å². The summed E-state index contributed by atoms with van der Waals surface area (Å²) in [6.07, 6.45) is 6.77. The van der Waals surface area contributed by atoms with E-state index >= 15 is 0 Å². The van der Waals surface area contributed by atoms with Crippen molar-refractivity contribution in [1.82, 2.24) is 29.4 Å². The van der Waals surface area contributed by atoms with Gasteiger partial charge in [-0.05, 0) is 69.7 Å². The lowest BCUT2D eigenvalue weighted by atomic mass is 10.0. The molecule has 1 aliphatic heterocycles. The smallest absolute Gasteiger partial charge is 0.355 e. The maximum Gasteiger partial charge on any atom is 0.355 e. The molecule has 4 heterocycles. The highest BCUT2D eigenvalue weighted by Gasteiger charge is 2.27. The first-order valence-electron chi connectivity index (χ1n) is 14.6. The number of nitrogens with zero attached hydrogens (tertiary/aromatic N) is 6. The van der Waals surface area contributed by atoms with Gasteiger partial charge >= 0.3 is 5.76 Å². The molecule has 0 saturated carbocycles. The Morgan fingerprint density at radius 2 is 1.76 bits per heavy atom. The molecule has 2 aromatic carbocycles. The number of rotatable bonds is 9. The maximum absolute atomic E-state index is 13.5. The minimum Gasteiger partial charge on any atom is -0.484 e. The molecule has 242 valence electrons. The Morgan fingerprint density at radius 1 is 1.04 bits per heavy atom. The van der Waals surface area contributed by atoms with Gasteiger partial charge in [0.2, 0.25) is 0 Å². The number of fused-ring (bicyclic) bond motifs is 1. The van der Waals surface area contributed by atoms with Crippen LogP contribution in [0.15, 0.2) is 61.1 Å². The number of sulfonamides is 1. The molecule has 0 amide bonds. The number of nitrogens with one attached hydrogen (secondary N) is 1. The summed E-state index contributed by atoms with van der Waals surface area (Å²) in [6.45, 7) is 3.66. The molecule has 11 nitrogen and oxygen atoms in total. The summed E-state index contributed by atoms with van der Waals surface area (Å²) in [5.74, 6) is -3.93. The molecule has 0 radical (unpaired) electrons. The maximum atomic E-state index is 13.5. The second kappa shape index (κ2) is 12.3. The van der Waals surface area contributed by atoms with Gasteiger partial charge in [0.15, 0.2) is 0 Å². The lowest BCUT2D eigenvalue weighted by molar-refractivity contribution is 0.212. The second-order valence-corrected chi connectivity index (χ2v) is 13.1. The summed E-state index contributed by atoms with van der Waals surface area (Å²) in [6, 6.07) is 10.2. The molecule has 0 aliphatic carbocycles. The van der Waals surface area contributed by atoms with E-state index in [1.54, 1.807) is 31.0 Å². The van der Waals surface area contributed by atoms with Crippen LogP contribution in [0.25, 0.3) is 33.3 Å². The molecule has 1 saturated heterocycles. The number of halogens is 3. The zero-order valence-corrected chi connectivity index (χ0v) is 26.2. The van der Waals surface area contributed by atoms with E-state index in [2.05, 4.69) is 22.0 Å². The highest BCUT2D eigenvalue weighted by molar-refractivity contribution is 7.93. The first kappa shape index (κ1) is 31.4. The average molecular weight is 655 g/mol. The molecule has 5 aromatic rings. The summed E-state index contributed by atoms with van der Waals surface area (Å²) in [4.78, 5) is 6.76. The number of nitrogens with two attached hydrogens (primary N) is 1. The number of piperidine rings is 1. The first-order chi connectivity index (χ1) is 21.9. The SMILES string of the molecule is C[C@H](Oc1cc(-c2nn(C)c3c(-c4cnn(C5CCN(C)CC5)c4)cnc(N)c23)ccc1NS(=O)(=O)C(F)F)c1ccc(F)cc1. The monoisotopic (exact) mass is 654 g/mol. The van der Waals surface area contributed by atoms with Crippen LogP contribution >= 0.6 is 0 Å². The van der Waals surface area contributed by atoms with Gasteiger partial charge in [0.1, 0.15) is 29.2 Å². The summed E-state index contributed by atoms with van der Waals surface area (Å²) >= 11 is 0. The van der Waals surface area contributed by atoms with Crippen molar-refractivity contribution in [3.05, 3.63) is 72.4 Å². The van der Waals surface area contributed by atoms with Gasteiger partial charge < -0.3 is 15.4 Å². The zero-order valence-electron chi connectivity index (χ0n) is 25.4. The van der Waals surface area contributed by atoms with Crippen molar-refractivity contribution in [1.29, 1.82) is 0 Å². The number of hydrogen-bond donors (Lipinski definition) is 2. The molecule has 3 N–H and O–H groups in total. The number of anilines is 2. The van der Waals surface area contributed by atoms with Crippen molar-refractivity contribution >= 4 is 32.4 Å². The van der Waals surface area contributed by atoms with Crippen LogP contribution in [0.2, 0.25) is 0 Å². The van der Waals surface area contributed by atoms with Gasteiger partial charge in [0, 0.05) is 36.1 Å². The molecule has 0 spiro atoms. The molecule has 1 aliphatic rings. The summed E-state index contributed by atoms with van der Waals surface area (Å²) in [5.41, 5.74) is 10.0. The largest absolute Gasteiger partial charge is 0.484 e. The van der Waals surface area contributed by atoms with E-state index in [-0.39, 0.29) is 17.3 Å². The summed E-state index contributed by atoms with van der Waals surface area (Å²) in [7, 11) is -1.13. The molecular weight excluding hydrogens is 621 g/mol. The Balaban J connectivity index is 1.41. The first-order valence-corrected chi connectivity index (χ1v) is 16.2. The number of likely N-dealkylation sites (tertiary alicyclic amines) is 1. The fraction of sp³-hybridized carbons (Fsp3) is 0.323. The minimum atomic E-state index is -5.01. The number of alkyl halides is 2. The highest BCUT2D eigenvalue weighted by atomic mass is 32.2. The van der Waals surface area contributed by atoms with E-state index in [4.69, 9.17) is 15.6 Å². The zero-order chi connectivity index (χ0) is 32.7. The van der Waals surface area contributed by atoms with Crippen LogP contribution in [0.3, 0.4) is 0 Å². The molecule has 0 unspecified atom stereocenters. The van der Waals surface area contributed by atoms with Gasteiger partial charge in [0.05, 0.1) is 28.8 Å². The lowest BCUT2D eigenvalue weighted by Gasteiger charge is -2.28. The van der Waals surface area contributed by atoms with Crippen LogP contribution in [0.4, 0.5) is 24.7 Å². The van der Waals surface area contributed by atoms with E-state index in [1.807, 2.05) is 15.6 Å². The quantitative estimate of drug-likeness (QED) is 0.210. The Labute approximate surface area is 263 Å². The standard InChI is InChI=1S/C31H33F3N8O3S/c1-18(19-4-7-22(32)8-5-19)45-26-14-20(6-9-25(26)39-46(43,44)31(33)34)28-27-29(41(3)38-28)24(16-36-30(27)35)21-15-37-42(17-21)23-10-12-40(2)13-11-23/h4-9,14-18,23,31,39H,10-13H2,1-3H3,(H2,35,36)/t18-/m0/s1. The van der Waals surface area contributed by atoms with Gasteiger partial charge in [-0.15, -0.1) is 0 Å². The van der Waals surface area contributed by atoms with Gasteiger partial charge in [-0.2, -0.15) is 19.0 Å². The third-order valence-corrected chi connectivity index (χ3v) is 9.22. The average Bonchev–Trinajstić information content (AvgIpc) is 3.65. The van der Waals surface area contributed by atoms with Crippen LogP contribution in [-0.2, 0) is 17.1 Å². The number of hydrogen-bond acceptors (Lipinski definition) is 8. The minimum absolute atomic E-state index is 0.0422. The van der Waals surface area contributed by atoms with Crippen LogP contribution in [0.5, 0.6) is 5.75 Å². The summed E-state index contributed by atoms with van der Waals surface area (Å²) in [5, 5.41) is 9.94. The Morgan fingerprint density at radius 3 is 2.46 bits per heavy atom. The molecule has 1 atom stereocenters. The molecule has 0 bridgehead atoms. The third kappa shape index (κ3) is 6.11. The van der Waals surface area contributed by atoms with Crippen LogP contribution in [-0.4, -0.2) is 63.8 Å². The van der Waals surface area contributed by atoms with Crippen molar-refractivity contribution in [2.45, 2.75) is 37.7 Å². The van der Waals surface area contributed by atoms with Crippen molar-refractivity contribution in [2.24, 2.45) is 7.05 Å². The Hall–Kier alpha value is -4.63. The van der Waals surface area contributed by atoms with Crippen molar-refractivity contribution in [3.63, 3.8) is 0 Å². The Kier molecular flexibility index (Phi) is 8.37. The van der Waals surface area contributed by atoms with E-state index in [9.17, 15) is 21.6 Å². The molecule has 15 heteroatoms. The van der Waals surface area contributed by atoms with Crippen LogP contribution in [0.1, 0.15) is 37.5 Å². The fourth-order valence-corrected chi connectivity index (χ4v) is 6.29. The Bertz CT molecular complexity index is 1990. The van der Waals surface area contributed by atoms with E-state index in [0.29, 0.717) is 33.8 Å². The van der Waals surface area contributed by atoms with Crippen LogP contribution in [0, 0.1) is 5.82 Å². The molecule has 6 rings (SSSR count). The van der Waals surface area contributed by atoms with Crippen LogP contribution < -0.4 is 15.2 Å². The van der Waals surface area contributed by atoms with Gasteiger partial charge in [0.25, 0.3) is 10.0 Å². The van der Waals surface area contributed by atoms with Crippen molar-refractivity contribution in [2.75, 3.05) is 30.6 Å². The van der Waals surface area contributed by atoms with Gasteiger partial charge in [-0.3, -0.25) is 14.1 Å². The van der Waals surface area contributed by atoms with Crippen molar-refractivity contribution in [3.8, 4) is 28.1 Å². The number of aryl methyl sites for hydroxylation is 1. The van der Waals surface area contributed by atoms with E-state index in [1.165, 1.54) is 42.5 Å². The predicted molar refractivity (Wildman–Crippen MR) is 169 cm³/mol.